The van der Waals surface area contributed by atoms with Crippen LogP contribution in [0.4, 0.5) is 0 Å². The molecule has 1 heterocycles. The summed E-state index contributed by atoms with van der Waals surface area (Å²) in [5, 5.41) is 2.93. The minimum Gasteiger partial charge on any atom is -0.315 e. The van der Waals surface area contributed by atoms with Gasteiger partial charge in [-0.1, -0.05) is 0 Å². The molecule has 4 N–H and O–H groups in total. The molecule has 1 amide bonds. The number of likely N-dealkylation sites (N-methyl/N-ethyl adjacent to an activating group) is 1. The zero-order valence-electron chi connectivity index (χ0n) is 7.65. The van der Waals surface area contributed by atoms with Crippen LogP contribution in [0.2, 0.25) is 0 Å². The molecular formula is C8H13N3OS. The maximum Gasteiger partial charge on any atom is 0.258 e. The van der Waals surface area contributed by atoms with Crippen molar-refractivity contribution >= 4 is 17.2 Å². The first-order chi connectivity index (χ1) is 6.04. The van der Waals surface area contributed by atoms with Crippen molar-refractivity contribution in [1.82, 2.24) is 5.01 Å². The van der Waals surface area contributed by atoms with Gasteiger partial charge in [0.2, 0.25) is 0 Å². The van der Waals surface area contributed by atoms with Crippen molar-refractivity contribution in [3.63, 3.8) is 0 Å². The molecule has 1 atom stereocenters. The third-order valence-electron chi connectivity index (χ3n) is 1.80. The molecule has 1 aromatic heterocycles. The summed E-state index contributed by atoms with van der Waals surface area (Å²) in [6.07, 6.45) is 0. The van der Waals surface area contributed by atoms with E-state index in [1.54, 1.807) is 0 Å². The van der Waals surface area contributed by atoms with E-state index >= 15 is 0 Å². The average Bonchev–Trinajstić information content (AvgIpc) is 2.48. The molecule has 4 nitrogen and oxygen atoms in total. The largest absolute Gasteiger partial charge is 0.315 e. The number of carbonyl (C=O) groups is 1. The summed E-state index contributed by atoms with van der Waals surface area (Å²) in [6, 6.07) is 1.30. The third kappa shape index (κ3) is 2.06. The van der Waals surface area contributed by atoms with Gasteiger partial charge in [-0.15, -0.1) is 11.3 Å². The number of hydrazine groups is 1. The first kappa shape index (κ1) is 10.2. The van der Waals surface area contributed by atoms with Crippen LogP contribution < -0.4 is 11.6 Å². The third-order valence-corrected chi connectivity index (χ3v) is 2.90. The van der Waals surface area contributed by atoms with Gasteiger partial charge in [-0.25, -0.2) is 5.84 Å². The van der Waals surface area contributed by atoms with Gasteiger partial charge in [0.25, 0.3) is 5.91 Å². The zero-order valence-corrected chi connectivity index (χ0v) is 8.47. The number of thiophene rings is 1. The summed E-state index contributed by atoms with van der Waals surface area (Å²) in [5.74, 6) is 5.03. The Morgan fingerprint density at radius 1 is 1.69 bits per heavy atom. The molecule has 1 aromatic rings. The summed E-state index contributed by atoms with van der Waals surface area (Å²) in [7, 11) is 1.49. The van der Waals surface area contributed by atoms with Crippen molar-refractivity contribution < 1.29 is 4.79 Å². The van der Waals surface area contributed by atoms with E-state index in [1.165, 1.54) is 18.4 Å². The van der Waals surface area contributed by atoms with Crippen LogP contribution in [0.5, 0.6) is 0 Å². The molecular weight excluding hydrogens is 186 g/mol. The number of carbonyl (C=O) groups excluding carboxylic acids is 1. The van der Waals surface area contributed by atoms with Gasteiger partial charge >= 0.3 is 0 Å². The highest BCUT2D eigenvalue weighted by molar-refractivity contribution is 7.10. The number of hydrogen-bond donors (Lipinski definition) is 2. The van der Waals surface area contributed by atoms with Crippen LogP contribution in [0.15, 0.2) is 11.4 Å². The predicted molar refractivity (Wildman–Crippen MR) is 52.9 cm³/mol. The van der Waals surface area contributed by atoms with Crippen molar-refractivity contribution in [1.29, 1.82) is 0 Å². The monoisotopic (exact) mass is 199 g/mol. The van der Waals surface area contributed by atoms with Gasteiger partial charge in [0.1, 0.15) is 6.04 Å². The number of rotatable bonds is 2. The summed E-state index contributed by atoms with van der Waals surface area (Å²) in [5.41, 5.74) is 6.76. The van der Waals surface area contributed by atoms with Gasteiger partial charge in [-0.2, -0.15) is 0 Å². The first-order valence-electron chi connectivity index (χ1n) is 3.86. The molecule has 0 saturated heterocycles. The van der Waals surface area contributed by atoms with Crippen LogP contribution in [0.3, 0.4) is 0 Å². The standard InChI is InChI=1S/C8H13N3OS/c1-5-3-4-13-7(5)6(9)8(12)11(2)10/h3-4,6H,9-10H2,1-2H3. The SMILES string of the molecule is Cc1ccsc1C(N)C(=O)N(C)N. The highest BCUT2D eigenvalue weighted by atomic mass is 32.1. The maximum absolute atomic E-state index is 11.4. The minimum atomic E-state index is -0.630. The van der Waals surface area contributed by atoms with E-state index in [-0.39, 0.29) is 5.91 Å². The number of aryl methyl sites for hydroxylation is 1. The van der Waals surface area contributed by atoms with Gasteiger partial charge in [0.05, 0.1) is 0 Å². The Kier molecular flexibility index (Phi) is 3.02. The predicted octanol–water partition coefficient (Wildman–Crippen LogP) is 0.388. The van der Waals surface area contributed by atoms with E-state index in [2.05, 4.69) is 0 Å². The van der Waals surface area contributed by atoms with Crippen molar-refractivity contribution in [2.24, 2.45) is 11.6 Å². The molecule has 0 aromatic carbocycles. The van der Waals surface area contributed by atoms with E-state index in [1.807, 2.05) is 18.4 Å². The van der Waals surface area contributed by atoms with Crippen LogP contribution in [0, 0.1) is 6.92 Å². The van der Waals surface area contributed by atoms with Crippen molar-refractivity contribution in [2.45, 2.75) is 13.0 Å². The van der Waals surface area contributed by atoms with Crippen LogP contribution in [0.25, 0.3) is 0 Å². The lowest BCUT2D eigenvalue weighted by Gasteiger charge is -2.15. The molecule has 0 fully saturated rings. The normalized spacial score (nSPS) is 12.6. The fourth-order valence-electron chi connectivity index (χ4n) is 1.03. The fraction of sp³-hybridized carbons (Fsp3) is 0.375. The lowest BCUT2D eigenvalue weighted by Crippen LogP contribution is -2.40. The zero-order chi connectivity index (χ0) is 10.0. The molecule has 0 aliphatic rings. The van der Waals surface area contributed by atoms with Gasteiger partial charge in [0.15, 0.2) is 0 Å². The maximum atomic E-state index is 11.4. The summed E-state index contributed by atoms with van der Waals surface area (Å²) >= 11 is 1.48. The van der Waals surface area contributed by atoms with Crippen molar-refractivity contribution in [3.05, 3.63) is 21.9 Å². The Morgan fingerprint density at radius 3 is 2.69 bits per heavy atom. The summed E-state index contributed by atoms with van der Waals surface area (Å²) in [4.78, 5) is 12.3. The van der Waals surface area contributed by atoms with Crippen molar-refractivity contribution in [3.8, 4) is 0 Å². The van der Waals surface area contributed by atoms with Crippen LogP contribution in [0.1, 0.15) is 16.5 Å². The Morgan fingerprint density at radius 2 is 2.31 bits per heavy atom. The lowest BCUT2D eigenvalue weighted by atomic mass is 10.1. The first-order valence-corrected chi connectivity index (χ1v) is 4.74. The Balaban J connectivity index is 2.85. The second-order valence-electron chi connectivity index (χ2n) is 2.89. The molecule has 5 heteroatoms. The summed E-state index contributed by atoms with van der Waals surface area (Å²) < 4.78 is 0. The molecule has 0 spiro atoms. The Labute approximate surface area is 81.1 Å². The van der Waals surface area contributed by atoms with Crippen LogP contribution >= 0.6 is 11.3 Å². The molecule has 1 rings (SSSR count). The molecule has 0 aliphatic heterocycles. The number of nitrogens with two attached hydrogens (primary N) is 2. The summed E-state index contributed by atoms with van der Waals surface area (Å²) in [6.45, 7) is 1.93. The number of hydrogen-bond acceptors (Lipinski definition) is 4. The topological polar surface area (TPSA) is 72.4 Å². The number of amides is 1. The Bertz CT molecular complexity index is 308. The molecule has 72 valence electrons. The van der Waals surface area contributed by atoms with Crippen LogP contribution in [-0.4, -0.2) is 18.0 Å². The van der Waals surface area contributed by atoms with E-state index in [0.717, 1.165) is 15.4 Å². The lowest BCUT2D eigenvalue weighted by molar-refractivity contribution is -0.131. The second kappa shape index (κ2) is 3.87. The van der Waals surface area contributed by atoms with E-state index < -0.39 is 6.04 Å². The van der Waals surface area contributed by atoms with Gasteiger partial charge in [-0.3, -0.25) is 9.80 Å². The quantitative estimate of drug-likeness (QED) is 0.411. The molecule has 1 unspecified atom stereocenters. The Hall–Kier alpha value is -0.910. The number of nitrogens with zero attached hydrogens (tertiary/aromatic N) is 1. The fourth-order valence-corrected chi connectivity index (χ4v) is 1.95. The van der Waals surface area contributed by atoms with Crippen molar-refractivity contribution in [2.75, 3.05) is 7.05 Å². The molecule has 0 bridgehead atoms. The molecule has 0 aliphatic carbocycles. The van der Waals surface area contributed by atoms with Gasteiger partial charge < -0.3 is 5.73 Å². The van der Waals surface area contributed by atoms with E-state index in [9.17, 15) is 4.79 Å². The highest BCUT2D eigenvalue weighted by Gasteiger charge is 2.20. The van der Waals surface area contributed by atoms with Gasteiger partial charge in [0, 0.05) is 11.9 Å². The van der Waals surface area contributed by atoms with Crippen LogP contribution in [-0.2, 0) is 4.79 Å². The molecule has 13 heavy (non-hydrogen) atoms. The average molecular weight is 199 g/mol. The molecule has 0 radical (unpaired) electrons. The van der Waals surface area contributed by atoms with Gasteiger partial charge in [-0.05, 0) is 23.9 Å². The highest BCUT2D eigenvalue weighted by Crippen LogP contribution is 2.22. The smallest absolute Gasteiger partial charge is 0.258 e. The minimum absolute atomic E-state index is 0.273. The van der Waals surface area contributed by atoms with E-state index in [4.69, 9.17) is 11.6 Å². The molecule has 0 saturated carbocycles. The second-order valence-corrected chi connectivity index (χ2v) is 3.84. The van der Waals surface area contributed by atoms with E-state index in [0.29, 0.717) is 0 Å².